The van der Waals surface area contributed by atoms with Crippen molar-refractivity contribution in [3.05, 3.63) is 11.7 Å². The van der Waals surface area contributed by atoms with Gasteiger partial charge in [-0.15, -0.1) is 0 Å². The molecule has 0 saturated carbocycles. The number of nitrogens with one attached hydrogen (secondary N) is 1. The molecule has 18 heavy (non-hydrogen) atoms. The summed E-state index contributed by atoms with van der Waals surface area (Å²) in [4.78, 5) is 15.8. The zero-order valence-corrected chi connectivity index (χ0v) is 11.2. The first-order valence-electron chi connectivity index (χ1n) is 6.20. The summed E-state index contributed by atoms with van der Waals surface area (Å²) in [7, 11) is 0. The fraction of sp³-hybridized carbons (Fsp3) is 0.750. The molecule has 1 heterocycles. The van der Waals surface area contributed by atoms with Crippen LogP contribution in [0.5, 0.6) is 0 Å². The third-order valence-electron chi connectivity index (χ3n) is 3.02. The Balaban J connectivity index is 2.41. The first-order valence-corrected chi connectivity index (χ1v) is 6.20. The van der Waals surface area contributed by atoms with E-state index in [0.717, 1.165) is 6.42 Å². The lowest BCUT2D eigenvalue weighted by atomic mass is 9.94. The van der Waals surface area contributed by atoms with Gasteiger partial charge in [-0.05, 0) is 26.7 Å². The zero-order chi connectivity index (χ0) is 13.6. The maximum atomic E-state index is 11.8. The van der Waals surface area contributed by atoms with Gasteiger partial charge >= 0.3 is 0 Å². The van der Waals surface area contributed by atoms with Gasteiger partial charge in [0, 0.05) is 25.0 Å². The molecule has 102 valence electrons. The molecule has 1 rings (SSSR count). The van der Waals surface area contributed by atoms with E-state index < -0.39 is 0 Å². The summed E-state index contributed by atoms with van der Waals surface area (Å²) in [6, 6.07) is 0. The van der Waals surface area contributed by atoms with Crippen LogP contribution < -0.4 is 5.32 Å². The largest absolute Gasteiger partial charge is 0.396 e. The quantitative estimate of drug-likeness (QED) is 0.758. The van der Waals surface area contributed by atoms with E-state index in [9.17, 15) is 4.79 Å². The molecule has 0 aliphatic carbocycles. The summed E-state index contributed by atoms with van der Waals surface area (Å²) in [5.41, 5.74) is -0.351. The molecule has 1 amide bonds. The maximum absolute atomic E-state index is 11.8. The molecule has 0 fully saturated rings. The Morgan fingerprint density at radius 2 is 2.28 bits per heavy atom. The maximum Gasteiger partial charge on any atom is 0.227 e. The molecule has 6 heteroatoms. The third-order valence-corrected chi connectivity index (χ3v) is 3.02. The minimum absolute atomic E-state index is 0.0630. The van der Waals surface area contributed by atoms with E-state index >= 15 is 0 Å². The molecule has 2 N–H and O–H groups in total. The van der Waals surface area contributed by atoms with Crippen molar-refractivity contribution in [2.24, 2.45) is 0 Å². The molecule has 0 aliphatic rings. The Kier molecular flexibility index (Phi) is 5.27. The molecule has 1 atom stereocenters. The molecular weight excluding hydrogens is 234 g/mol. The number of amides is 1. The molecule has 1 aromatic rings. The Morgan fingerprint density at radius 1 is 1.56 bits per heavy atom. The SMILES string of the molecule is CCC(C)(CCO)NC(=O)CCc1nc(C)no1. The second-order valence-electron chi connectivity index (χ2n) is 4.67. The van der Waals surface area contributed by atoms with E-state index in [2.05, 4.69) is 15.5 Å². The normalized spacial score (nSPS) is 14.2. The van der Waals surface area contributed by atoms with Crippen LogP contribution in [0.4, 0.5) is 0 Å². The fourth-order valence-electron chi connectivity index (χ4n) is 1.64. The zero-order valence-electron chi connectivity index (χ0n) is 11.2. The number of aliphatic hydroxyl groups is 1. The van der Waals surface area contributed by atoms with E-state index in [1.807, 2.05) is 13.8 Å². The summed E-state index contributed by atoms with van der Waals surface area (Å²) < 4.78 is 4.94. The Labute approximate surface area is 107 Å². The van der Waals surface area contributed by atoms with Crippen LogP contribution in [0.2, 0.25) is 0 Å². The average molecular weight is 255 g/mol. The van der Waals surface area contributed by atoms with Crippen molar-refractivity contribution in [1.82, 2.24) is 15.5 Å². The van der Waals surface area contributed by atoms with Crippen LogP contribution in [0.15, 0.2) is 4.52 Å². The van der Waals surface area contributed by atoms with Crippen LogP contribution in [0, 0.1) is 6.92 Å². The van der Waals surface area contributed by atoms with E-state index in [4.69, 9.17) is 9.63 Å². The summed E-state index contributed by atoms with van der Waals surface area (Å²) >= 11 is 0. The molecule has 0 radical (unpaired) electrons. The highest BCUT2D eigenvalue weighted by Gasteiger charge is 2.23. The highest BCUT2D eigenvalue weighted by molar-refractivity contribution is 5.76. The second-order valence-corrected chi connectivity index (χ2v) is 4.67. The summed E-state index contributed by atoms with van der Waals surface area (Å²) in [5, 5.41) is 15.6. The van der Waals surface area contributed by atoms with Gasteiger partial charge in [-0.25, -0.2) is 0 Å². The third kappa shape index (κ3) is 4.44. The molecule has 1 unspecified atom stereocenters. The molecule has 0 aliphatic heterocycles. The number of hydrogen-bond donors (Lipinski definition) is 2. The number of aromatic nitrogens is 2. The second kappa shape index (κ2) is 6.49. The molecule has 6 nitrogen and oxygen atoms in total. The van der Waals surface area contributed by atoms with Crippen LogP contribution in [0.3, 0.4) is 0 Å². The van der Waals surface area contributed by atoms with Gasteiger partial charge in [0.2, 0.25) is 11.8 Å². The number of carbonyl (C=O) groups is 1. The summed E-state index contributed by atoms with van der Waals surface area (Å²) in [5.74, 6) is 0.982. The van der Waals surface area contributed by atoms with Crippen molar-refractivity contribution in [2.45, 2.75) is 52.0 Å². The van der Waals surface area contributed by atoms with Crippen LogP contribution in [-0.4, -0.2) is 33.3 Å². The van der Waals surface area contributed by atoms with Crippen molar-refractivity contribution < 1.29 is 14.4 Å². The topological polar surface area (TPSA) is 88.2 Å². The number of nitrogens with zero attached hydrogens (tertiary/aromatic N) is 2. The van der Waals surface area contributed by atoms with Crippen molar-refractivity contribution in [1.29, 1.82) is 0 Å². The van der Waals surface area contributed by atoms with E-state index in [0.29, 0.717) is 31.0 Å². The number of rotatable bonds is 7. The van der Waals surface area contributed by atoms with Gasteiger partial charge in [0.15, 0.2) is 5.82 Å². The molecule has 0 bridgehead atoms. The van der Waals surface area contributed by atoms with Gasteiger partial charge in [0.05, 0.1) is 0 Å². The highest BCUT2D eigenvalue weighted by atomic mass is 16.5. The van der Waals surface area contributed by atoms with Crippen LogP contribution in [0.1, 0.15) is 44.8 Å². The number of hydrogen-bond acceptors (Lipinski definition) is 5. The lowest BCUT2D eigenvalue weighted by Crippen LogP contribution is -2.46. The Hall–Kier alpha value is -1.43. The van der Waals surface area contributed by atoms with Gasteiger partial charge in [-0.1, -0.05) is 12.1 Å². The number of aryl methyl sites for hydroxylation is 2. The van der Waals surface area contributed by atoms with Crippen molar-refractivity contribution in [3.63, 3.8) is 0 Å². The first-order chi connectivity index (χ1) is 8.49. The molecule has 0 saturated heterocycles. The van der Waals surface area contributed by atoms with Crippen molar-refractivity contribution in [2.75, 3.05) is 6.61 Å². The van der Waals surface area contributed by atoms with Gasteiger partial charge in [0.25, 0.3) is 0 Å². The molecule has 1 aromatic heterocycles. The number of aliphatic hydroxyl groups excluding tert-OH is 1. The molecule has 0 spiro atoms. The summed E-state index contributed by atoms with van der Waals surface area (Å²) in [6.07, 6.45) is 2.07. The van der Waals surface area contributed by atoms with Gasteiger partial charge in [0.1, 0.15) is 0 Å². The minimum Gasteiger partial charge on any atom is -0.396 e. The first kappa shape index (κ1) is 14.6. The van der Waals surface area contributed by atoms with E-state index in [1.54, 1.807) is 6.92 Å². The number of carbonyl (C=O) groups excluding carboxylic acids is 1. The van der Waals surface area contributed by atoms with Crippen molar-refractivity contribution in [3.8, 4) is 0 Å². The highest BCUT2D eigenvalue weighted by Crippen LogP contribution is 2.14. The van der Waals surface area contributed by atoms with Crippen LogP contribution in [-0.2, 0) is 11.2 Å². The molecule has 0 aromatic carbocycles. The Morgan fingerprint density at radius 3 is 2.78 bits per heavy atom. The lowest BCUT2D eigenvalue weighted by molar-refractivity contribution is -0.123. The van der Waals surface area contributed by atoms with Gasteiger partial charge in [-0.2, -0.15) is 4.98 Å². The van der Waals surface area contributed by atoms with E-state index in [-0.39, 0.29) is 18.1 Å². The smallest absolute Gasteiger partial charge is 0.227 e. The van der Waals surface area contributed by atoms with Gasteiger partial charge < -0.3 is 14.9 Å². The van der Waals surface area contributed by atoms with Crippen LogP contribution >= 0.6 is 0 Å². The monoisotopic (exact) mass is 255 g/mol. The van der Waals surface area contributed by atoms with Crippen LogP contribution in [0.25, 0.3) is 0 Å². The van der Waals surface area contributed by atoms with Gasteiger partial charge in [-0.3, -0.25) is 4.79 Å². The van der Waals surface area contributed by atoms with Crippen molar-refractivity contribution >= 4 is 5.91 Å². The predicted octanol–water partition coefficient (Wildman–Crippen LogP) is 0.978. The molecular formula is C12H21N3O3. The minimum atomic E-state index is -0.351. The standard InChI is InChI=1S/C12H21N3O3/c1-4-12(3,7-8-16)14-10(17)5-6-11-13-9(2)15-18-11/h16H,4-8H2,1-3H3,(H,14,17). The lowest BCUT2D eigenvalue weighted by Gasteiger charge is -2.28. The summed E-state index contributed by atoms with van der Waals surface area (Å²) in [6.45, 7) is 5.71. The Bertz CT molecular complexity index is 392. The average Bonchev–Trinajstić information content (AvgIpc) is 2.73. The fourth-order valence-corrected chi connectivity index (χ4v) is 1.64. The van der Waals surface area contributed by atoms with E-state index in [1.165, 1.54) is 0 Å². The predicted molar refractivity (Wildman–Crippen MR) is 65.9 cm³/mol.